The first-order valence-electron chi connectivity index (χ1n) is 5.26. The van der Waals surface area contributed by atoms with E-state index in [1.165, 1.54) is 11.3 Å². The molecule has 2 rings (SSSR count). The molecule has 1 aromatic heterocycles. The first kappa shape index (κ1) is 13.2. The van der Waals surface area contributed by atoms with Crippen molar-refractivity contribution >= 4 is 48.0 Å². The van der Waals surface area contributed by atoms with E-state index in [0.29, 0.717) is 32.4 Å². The van der Waals surface area contributed by atoms with Crippen LogP contribution in [0.25, 0.3) is 0 Å². The number of rotatable bonds is 3. The molecule has 0 bridgehead atoms. The van der Waals surface area contributed by atoms with Crippen molar-refractivity contribution in [3.63, 3.8) is 0 Å². The van der Waals surface area contributed by atoms with Crippen molar-refractivity contribution in [1.82, 2.24) is 10.3 Å². The zero-order chi connectivity index (χ0) is 13.1. The fourth-order valence-corrected chi connectivity index (χ4v) is 3.68. The Morgan fingerprint density at radius 2 is 2.44 bits per heavy atom. The van der Waals surface area contributed by atoms with Crippen LogP contribution in [-0.2, 0) is 9.53 Å². The molecule has 2 heterocycles. The van der Waals surface area contributed by atoms with Crippen molar-refractivity contribution in [1.29, 1.82) is 0 Å². The molecule has 0 atom stereocenters. The van der Waals surface area contributed by atoms with Crippen LogP contribution < -0.4 is 5.32 Å². The molecule has 18 heavy (non-hydrogen) atoms. The zero-order valence-corrected chi connectivity index (χ0v) is 12.4. The third kappa shape index (κ3) is 2.95. The summed E-state index contributed by atoms with van der Waals surface area (Å²) in [6.45, 7) is 3.83. The van der Waals surface area contributed by atoms with Gasteiger partial charge in [0, 0.05) is 0 Å². The Kier molecular flexibility index (Phi) is 4.11. The number of hydrogen-bond acceptors (Lipinski definition) is 6. The number of aryl methyl sites for hydroxylation is 1. The van der Waals surface area contributed by atoms with E-state index in [9.17, 15) is 9.59 Å². The van der Waals surface area contributed by atoms with E-state index in [2.05, 4.69) is 15.3 Å². The Balaban J connectivity index is 2.18. The van der Waals surface area contributed by atoms with E-state index in [4.69, 9.17) is 4.74 Å². The first-order chi connectivity index (χ1) is 8.60. The molecule has 1 amide bonds. The zero-order valence-electron chi connectivity index (χ0n) is 9.85. The third-order valence-corrected chi connectivity index (χ3v) is 4.89. The maximum absolute atomic E-state index is 11.6. The molecule has 1 aliphatic rings. The Morgan fingerprint density at radius 1 is 1.67 bits per heavy atom. The van der Waals surface area contributed by atoms with Crippen LogP contribution in [0.2, 0.25) is 5.32 Å². The quantitative estimate of drug-likeness (QED) is 0.658. The molecule has 8 heteroatoms. The Hall–Kier alpha value is -1.24. The topological polar surface area (TPSA) is 80.6 Å². The number of amidine groups is 1. The molecule has 0 aromatic carbocycles. The summed E-state index contributed by atoms with van der Waals surface area (Å²) in [5.41, 5.74) is 0.606. The second-order valence-electron chi connectivity index (χ2n) is 3.39. The van der Waals surface area contributed by atoms with Crippen molar-refractivity contribution in [3.05, 3.63) is 10.6 Å². The summed E-state index contributed by atoms with van der Waals surface area (Å²) in [5, 5.41) is 3.67. The predicted molar refractivity (Wildman–Crippen MR) is 68.6 cm³/mol. The molecule has 6 nitrogen and oxygen atoms in total. The number of aromatic nitrogens is 1. The van der Waals surface area contributed by atoms with Crippen molar-refractivity contribution in [2.75, 3.05) is 6.61 Å². The van der Waals surface area contributed by atoms with E-state index in [1.807, 2.05) is 0 Å². The van der Waals surface area contributed by atoms with Crippen LogP contribution in [0.5, 0.6) is 0 Å². The second kappa shape index (κ2) is 5.60. The molecular weight excluding hydrogens is 321 g/mol. The first-order valence-corrected chi connectivity index (χ1v) is 8.14. The standard InChI is InChI=1S/C10H11N3O3SSe/c1-3-16-8(15)7-5(2)11-9(17-7)13-10-12-6(14)4-18-10/h3-4H2,1-2H3,(H,11,12,13,14). The van der Waals surface area contributed by atoms with Gasteiger partial charge in [0.15, 0.2) is 0 Å². The molecule has 1 N–H and O–H groups in total. The van der Waals surface area contributed by atoms with Crippen LogP contribution in [0.4, 0.5) is 5.13 Å². The number of carbonyl (C=O) groups is 2. The monoisotopic (exact) mass is 333 g/mol. The van der Waals surface area contributed by atoms with Gasteiger partial charge < -0.3 is 0 Å². The molecular formula is C10H11N3O3SSe. The molecule has 0 aliphatic carbocycles. The SMILES string of the molecule is CCOC(=O)c1sc(/N=C2\NC(=O)C[Se]2)nc1C. The summed E-state index contributed by atoms with van der Waals surface area (Å²) in [4.78, 5) is 31.5. The van der Waals surface area contributed by atoms with Crippen LogP contribution in [0.3, 0.4) is 0 Å². The number of amides is 1. The molecule has 0 spiro atoms. The Labute approximate surface area is 114 Å². The summed E-state index contributed by atoms with van der Waals surface area (Å²) < 4.78 is 5.59. The van der Waals surface area contributed by atoms with Gasteiger partial charge in [-0.3, -0.25) is 0 Å². The van der Waals surface area contributed by atoms with Gasteiger partial charge in [0.05, 0.1) is 0 Å². The molecule has 0 saturated carbocycles. The van der Waals surface area contributed by atoms with Gasteiger partial charge in [-0.25, -0.2) is 0 Å². The van der Waals surface area contributed by atoms with Gasteiger partial charge in [0.2, 0.25) is 0 Å². The molecule has 1 saturated heterocycles. The van der Waals surface area contributed by atoms with Crippen molar-refractivity contribution in [2.24, 2.45) is 4.99 Å². The van der Waals surface area contributed by atoms with Crippen molar-refractivity contribution < 1.29 is 14.3 Å². The summed E-state index contributed by atoms with van der Waals surface area (Å²) in [6, 6.07) is 0. The van der Waals surface area contributed by atoms with E-state index in [0.717, 1.165) is 0 Å². The van der Waals surface area contributed by atoms with Crippen LogP contribution in [0.1, 0.15) is 22.3 Å². The summed E-state index contributed by atoms with van der Waals surface area (Å²) in [5.74, 6) is -0.382. The normalized spacial score (nSPS) is 17.0. The summed E-state index contributed by atoms with van der Waals surface area (Å²) >= 11 is 1.22. The molecule has 0 unspecified atom stereocenters. The minimum atomic E-state index is -0.375. The number of thiazole rings is 1. The Bertz CT molecular complexity index is 526. The van der Waals surface area contributed by atoms with E-state index >= 15 is 0 Å². The van der Waals surface area contributed by atoms with E-state index in [1.54, 1.807) is 13.8 Å². The molecule has 1 aliphatic heterocycles. The maximum atomic E-state index is 11.6. The van der Waals surface area contributed by atoms with E-state index < -0.39 is 0 Å². The second-order valence-corrected chi connectivity index (χ2v) is 6.39. The van der Waals surface area contributed by atoms with Gasteiger partial charge in [0.25, 0.3) is 0 Å². The van der Waals surface area contributed by atoms with Gasteiger partial charge in [-0.15, -0.1) is 0 Å². The van der Waals surface area contributed by atoms with Gasteiger partial charge in [-0.2, -0.15) is 0 Å². The number of esters is 1. The fraction of sp³-hybridized carbons (Fsp3) is 0.400. The average Bonchev–Trinajstić information content (AvgIpc) is 2.86. The summed E-state index contributed by atoms with van der Waals surface area (Å²) in [7, 11) is 0. The number of carbonyl (C=O) groups excluding carboxylic acids is 2. The molecule has 96 valence electrons. The minimum absolute atomic E-state index is 0.00681. The fourth-order valence-electron chi connectivity index (χ4n) is 1.29. The van der Waals surface area contributed by atoms with Gasteiger partial charge in [-0.1, -0.05) is 0 Å². The third-order valence-electron chi connectivity index (χ3n) is 2.03. The van der Waals surface area contributed by atoms with Crippen LogP contribution in [0.15, 0.2) is 4.99 Å². The molecule has 1 fully saturated rings. The average molecular weight is 332 g/mol. The molecule has 1 aromatic rings. The van der Waals surface area contributed by atoms with Crippen molar-refractivity contribution in [3.8, 4) is 0 Å². The number of ether oxygens (including phenoxy) is 1. The number of hydrogen-bond donors (Lipinski definition) is 1. The van der Waals surface area contributed by atoms with Crippen LogP contribution >= 0.6 is 11.3 Å². The van der Waals surface area contributed by atoms with Crippen LogP contribution in [0, 0.1) is 6.92 Å². The number of nitrogens with zero attached hydrogens (tertiary/aromatic N) is 2. The van der Waals surface area contributed by atoms with E-state index in [-0.39, 0.29) is 26.8 Å². The number of aliphatic imine (C=N–C) groups is 1. The Morgan fingerprint density at radius 3 is 3.06 bits per heavy atom. The van der Waals surface area contributed by atoms with Crippen LogP contribution in [-0.4, -0.2) is 43.2 Å². The molecule has 0 radical (unpaired) electrons. The summed E-state index contributed by atoms with van der Waals surface area (Å²) in [6.07, 6.45) is 0. The number of nitrogens with one attached hydrogen (secondary N) is 1. The van der Waals surface area contributed by atoms with Gasteiger partial charge in [-0.05, 0) is 0 Å². The van der Waals surface area contributed by atoms with Gasteiger partial charge >= 0.3 is 114 Å². The predicted octanol–water partition coefficient (Wildman–Crippen LogP) is 0.868. The van der Waals surface area contributed by atoms with Crippen molar-refractivity contribution in [2.45, 2.75) is 19.2 Å². The van der Waals surface area contributed by atoms with Gasteiger partial charge in [0.1, 0.15) is 0 Å².